The first-order valence-corrected chi connectivity index (χ1v) is 5.59. The fourth-order valence-electron chi connectivity index (χ4n) is 1.69. The van der Waals surface area contributed by atoms with Crippen LogP contribution in [0.1, 0.15) is 13.8 Å². The van der Waals surface area contributed by atoms with Gasteiger partial charge in [-0.05, 0) is 13.8 Å². The summed E-state index contributed by atoms with van der Waals surface area (Å²) in [5.41, 5.74) is 5.69. The van der Waals surface area contributed by atoms with Crippen molar-refractivity contribution in [1.82, 2.24) is 10.2 Å². The van der Waals surface area contributed by atoms with E-state index in [9.17, 15) is 0 Å². The fourth-order valence-corrected chi connectivity index (χ4v) is 1.69. The molecule has 1 aliphatic rings. The average molecular weight is 214 g/mol. The number of aliphatic imine (C=N–C) groups is 1. The van der Waals surface area contributed by atoms with E-state index in [-0.39, 0.29) is 0 Å². The summed E-state index contributed by atoms with van der Waals surface area (Å²) in [5.74, 6) is 0.540. The second-order valence-corrected chi connectivity index (χ2v) is 3.82. The minimum absolute atomic E-state index is 0.332. The first-order chi connectivity index (χ1) is 7.22. The van der Waals surface area contributed by atoms with Crippen LogP contribution in [-0.2, 0) is 4.74 Å². The molecule has 0 aromatic heterocycles. The molecule has 3 N–H and O–H groups in total. The third-order valence-corrected chi connectivity index (χ3v) is 2.36. The number of hydrogen-bond acceptors (Lipinski definition) is 3. The molecule has 0 aromatic carbocycles. The zero-order valence-electron chi connectivity index (χ0n) is 9.70. The zero-order valence-corrected chi connectivity index (χ0v) is 9.70. The summed E-state index contributed by atoms with van der Waals surface area (Å²) >= 11 is 0. The number of nitrogens with zero attached hydrogens (tertiary/aromatic N) is 2. The molecule has 0 aromatic rings. The van der Waals surface area contributed by atoms with E-state index >= 15 is 0 Å². The molecule has 88 valence electrons. The van der Waals surface area contributed by atoms with E-state index in [4.69, 9.17) is 10.5 Å². The predicted octanol–water partition coefficient (Wildman–Crippen LogP) is -0.369. The van der Waals surface area contributed by atoms with E-state index in [1.165, 1.54) is 0 Å². The summed E-state index contributed by atoms with van der Waals surface area (Å²) in [6.45, 7) is 9.51. The van der Waals surface area contributed by atoms with Crippen molar-refractivity contribution in [3.63, 3.8) is 0 Å². The molecule has 0 amide bonds. The minimum Gasteiger partial charge on any atom is -0.379 e. The van der Waals surface area contributed by atoms with Crippen molar-refractivity contribution in [2.24, 2.45) is 10.7 Å². The van der Waals surface area contributed by atoms with Crippen LogP contribution in [0.15, 0.2) is 4.99 Å². The number of nitrogens with one attached hydrogen (secondary N) is 1. The molecule has 0 bridgehead atoms. The predicted molar refractivity (Wildman–Crippen MR) is 62.0 cm³/mol. The van der Waals surface area contributed by atoms with Gasteiger partial charge in [-0.3, -0.25) is 9.89 Å². The van der Waals surface area contributed by atoms with E-state index < -0.39 is 0 Å². The Morgan fingerprint density at radius 3 is 2.80 bits per heavy atom. The van der Waals surface area contributed by atoms with Crippen LogP contribution < -0.4 is 11.1 Å². The van der Waals surface area contributed by atoms with Crippen molar-refractivity contribution >= 4 is 5.96 Å². The van der Waals surface area contributed by atoms with Gasteiger partial charge in [0.15, 0.2) is 5.96 Å². The molecule has 1 unspecified atom stereocenters. The number of hydrogen-bond donors (Lipinski definition) is 2. The van der Waals surface area contributed by atoms with Crippen LogP contribution in [0.25, 0.3) is 0 Å². The Hall–Kier alpha value is -0.810. The van der Waals surface area contributed by atoms with Gasteiger partial charge in [0.25, 0.3) is 0 Å². The van der Waals surface area contributed by atoms with E-state index in [1.807, 2.05) is 6.92 Å². The lowest BCUT2D eigenvalue weighted by Gasteiger charge is -2.29. The number of morpholine rings is 1. The van der Waals surface area contributed by atoms with Crippen LogP contribution in [-0.4, -0.2) is 56.3 Å². The summed E-state index contributed by atoms with van der Waals surface area (Å²) < 4.78 is 5.29. The van der Waals surface area contributed by atoms with E-state index in [1.54, 1.807) is 0 Å². The van der Waals surface area contributed by atoms with Gasteiger partial charge in [-0.25, -0.2) is 0 Å². The summed E-state index contributed by atoms with van der Waals surface area (Å²) in [6, 6.07) is 0.332. The van der Waals surface area contributed by atoms with E-state index in [0.29, 0.717) is 12.0 Å². The van der Waals surface area contributed by atoms with Gasteiger partial charge in [0.1, 0.15) is 0 Å². The van der Waals surface area contributed by atoms with Gasteiger partial charge < -0.3 is 15.8 Å². The second kappa shape index (κ2) is 6.63. The van der Waals surface area contributed by atoms with Crippen molar-refractivity contribution in [2.45, 2.75) is 19.9 Å². The topological polar surface area (TPSA) is 62.9 Å². The molecule has 1 heterocycles. The van der Waals surface area contributed by atoms with Gasteiger partial charge in [0, 0.05) is 32.2 Å². The molecule has 1 saturated heterocycles. The quantitative estimate of drug-likeness (QED) is 0.495. The summed E-state index contributed by atoms with van der Waals surface area (Å²) in [5, 5.41) is 3.17. The van der Waals surface area contributed by atoms with Crippen molar-refractivity contribution < 1.29 is 4.74 Å². The highest BCUT2D eigenvalue weighted by Crippen LogP contribution is 1.97. The molecule has 1 fully saturated rings. The molecule has 1 rings (SSSR count). The maximum absolute atomic E-state index is 5.69. The van der Waals surface area contributed by atoms with Gasteiger partial charge in [-0.2, -0.15) is 0 Å². The SMILES string of the molecule is CCN=C(N)NC(C)CN1CCOCC1. The molecular weight excluding hydrogens is 192 g/mol. The molecule has 0 spiro atoms. The molecule has 1 atom stereocenters. The number of ether oxygens (including phenoxy) is 1. The third kappa shape index (κ3) is 4.99. The normalized spacial score (nSPS) is 21.3. The van der Waals surface area contributed by atoms with Crippen LogP contribution in [0.5, 0.6) is 0 Å². The van der Waals surface area contributed by atoms with Crippen LogP contribution in [0, 0.1) is 0 Å². The largest absolute Gasteiger partial charge is 0.379 e. The Labute approximate surface area is 91.7 Å². The molecule has 0 saturated carbocycles. The monoisotopic (exact) mass is 214 g/mol. The first-order valence-electron chi connectivity index (χ1n) is 5.59. The Morgan fingerprint density at radius 2 is 2.20 bits per heavy atom. The first kappa shape index (κ1) is 12.3. The average Bonchev–Trinajstić information content (AvgIpc) is 2.19. The highest BCUT2D eigenvalue weighted by molar-refractivity contribution is 5.78. The van der Waals surface area contributed by atoms with E-state index in [0.717, 1.165) is 39.4 Å². The number of guanidine groups is 1. The van der Waals surface area contributed by atoms with Crippen molar-refractivity contribution in [2.75, 3.05) is 39.4 Å². The molecule has 5 nitrogen and oxygen atoms in total. The number of rotatable bonds is 4. The van der Waals surface area contributed by atoms with Gasteiger partial charge in [-0.1, -0.05) is 0 Å². The van der Waals surface area contributed by atoms with Crippen molar-refractivity contribution in [1.29, 1.82) is 0 Å². The van der Waals surface area contributed by atoms with Gasteiger partial charge in [0.05, 0.1) is 13.2 Å². The molecule has 1 aliphatic heterocycles. The standard InChI is InChI=1S/C10H22N4O/c1-3-12-10(11)13-9(2)8-14-4-6-15-7-5-14/h9H,3-8H2,1-2H3,(H3,11,12,13). The highest BCUT2D eigenvalue weighted by atomic mass is 16.5. The smallest absolute Gasteiger partial charge is 0.188 e. The van der Waals surface area contributed by atoms with Crippen LogP contribution in [0.4, 0.5) is 0 Å². The minimum atomic E-state index is 0.332. The van der Waals surface area contributed by atoms with Crippen LogP contribution >= 0.6 is 0 Å². The maximum atomic E-state index is 5.69. The number of nitrogens with two attached hydrogens (primary N) is 1. The van der Waals surface area contributed by atoms with Crippen molar-refractivity contribution in [3.8, 4) is 0 Å². The third-order valence-electron chi connectivity index (χ3n) is 2.36. The zero-order chi connectivity index (χ0) is 11.1. The highest BCUT2D eigenvalue weighted by Gasteiger charge is 2.13. The van der Waals surface area contributed by atoms with Gasteiger partial charge in [-0.15, -0.1) is 0 Å². The Morgan fingerprint density at radius 1 is 1.53 bits per heavy atom. The maximum Gasteiger partial charge on any atom is 0.188 e. The van der Waals surface area contributed by atoms with E-state index in [2.05, 4.69) is 22.1 Å². The van der Waals surface area contributed by atoms with Gasteiger partial charge in [0.2, 0.25) is 0 Å². The molecule has 15 heavy (non-hydrogen) atoms. The lowest BCUT2D eigenvalue weighted by atomic mass is 10.3. The lowest BCUT2D eigenvalue weighted by molar-refractivity contribution is 0.0352. The summed E-state index contributed by atoms with van der Waals surface area (Å²) in [7, 11) is 0. The molecular formula is C10H22N4O. The molecule has 0 aliphatic carbocycles. The molecule has 5 heteroatoms. The van der Waals surface area contributed by atoms with Crippen LogP contribution in [0.2, 0.25) is 0 Å². The Balaban J connectivity index is 2.22. The summed E-state index contributed by atoms with van der Waals surface area (Å²) in [6.07, 6.45) is 0. The molecule has 0 radical (unpaired) electrons. The Kier molecular flexibility index (Phi) is 5.42. The Bertz CT molecular complexity index is 202. The van der Waals surface area contributed by atoms with Crippen molar-refractivity contribution in [3.05, 3.63) is 0 Å². The fraction of sp³-hybridized carbons (Fsp3) is 0.900. The second-order valence-electron chi connectivity index (χ2n) is 3.82. The summed E-state index contributed by atoms with van der Waals surface area (Å²) in [4.78, 5) is 6.47. The van der Waals surface area contributed by atoms with Crippen LogP contribution in [0.3, 0.4) is 0 Å². The lowest BCUT2D eigenvalue weighted by Crippen LogP contribution is -2.47. The van der Waals surface area contributed by atoms with Gasteiger partial charge >= 0.3 is 0 Å².